The van der Waals surface area contributed by atoms with E-state index >= 15 is 0 Å². The van der Waals surface area contributed by atoms with Gasteiger partial charge in [0.05, 0.1) is 4.90 Å². The number of nitrogens with zero attached hydrogens (tertiary/aromatic N) is 1. The van der Waals surface area contributed by atoms with Gasteiger partial charge in [0.1, 0.15) is 5.76 Å². The van der Waals surface area contributed by atoms with Crippen molar-refractivity contribution in [3.63, 3.8) is 0 Å². The number of nitrogens with one attached hydrogen (secondary N) is 2. The van der Waals surface area contributed by atoms with Crippen LogP contribution in [0.1, 0.15) is 36.4 Å². The molecule has 0 unspecified atom stereocenters. The van der Waals surface area contributed by atoms with Gasteiger partial charge in [-0.05, 0) is 37.5 Å². The van der Waals surface area contributed by atoms with E-state index < -0.39 is 15.9 Å². The zero-order valence-electron chi connectivity index (χ0n) is 13.9. The van der Waals surface area contributed by atoms with Gasteiger partial charge in [0.25, 0.3) is 5.91 Å². The average Bonchev–Trinajstić information content (AvgIpc) is 2.92. The summed E-state index contributed by atoms with van der Waals surface area (Å²) in [5.74, 6) is 0.787. The molecule has 0 aliphatic carbocycles. The van der Waals surface area contributed by atoms with E-state index in [0.29, 0.717) is 18.2 Å². The molecule has 0 bridgehead atoms. The number of hydrogen-bond donors (Lipinski definition) is 2. The van der Waals surface area contributed by atoms with Gasteiger partial charge >= 0.3 is 0 Å². The zero-order chi connectivity index (χ0) is 17.7. The second kappa shape index (κ2) is 7.59. The standard InChI is InChI=1S/C16H21N3O4S/c1-11(2)7-8-17-24(21,22)14-6-4-5-13(10-14)16(20)18-15-9-12(3)23-19-15/h4-6,9-11,17H,7-8H2,1-3H3,(H,18,19,20). The summed E-state index contributed by atoms with van der Waals surface area (Å²) in [6.45, 7) is 6.10. The Labute approximate surface area is 141 Å². The van der Waals surface area contributed by atoms with Crippen molar-refractivity contribution in [3.8, 4) is 0 Å². The van der Waals surface area contributed by atoms with Crippen LogP contribution in [0.5, 0.6) is 0 Å². The first kappa shape index (κ1) is 18.2. The van der Waals surface area contributed by atoms with Crippen molar-refractivity contribution in [1.29, 1.82) is 0 Å². The molecule has 2 N–H and O–H groups in total. The molecule has 0 saturated heterocycles. The maximum absolute atomic E-state index is 12.3. The fraction of sp³-hybridized carbons (Fsp3) is 0.375. The second-order valence-electron chi connectivity index (χ2n) is 5.89. The van der Waals surface area contributed by atoms with Crippen LogP contribution >= 0.6 is 0 Å². The summed E-state index contributed by atoms with van der Waals surface area (Å²) in [5, 5.41) is 6.23. The smallest absolute Gasteiger partial charge is 0.256 e. The predicted molar refractivity (Wildman–Crippen MR) is 90.3 cm³/mol. The number of sulfonamides is 1. The molecular weight excluding hydrogens is 330 g/mol. The number of anilines is 1. The molecular formula is C16H21N3O4S. The molecule has 1 aromatic carbocycles. The average molecular weight is 351 g/mol. The normalized spacial score (nSPS) is 11.7. The summed E-state index contributed by atoms with van der Waals surface area (Å²) in [4.78, 5) is 12.2. The summed E-state index contributed by atoms with van der Waals surface area (Å²) in [7, 11) is -3.64. The molecule has 7 nitrogen and oxygen atoms in total. The molecule has 0 atom stereocenters. The minimum absolute atomic E-state index is 0.0511. The lowest BCUT2D eigenvalue weighted by Gasteiger charge is -2.09. The van der Waals surface area contributed by atoms with Crippen LogP contribution in [0.3, 0.4) is 0 Å². The van der Waals surface area contributed by atoms with Gasteiger partial charge in [-0.1, -0.05) is 25.1 Å². The van der Waals surface area contributed by atoms with Crippen molar-refractivity contribution < 1.29 is 17.7 Å². The van der Waals surface area contributed by atoms with Gasteiger partial charge in [0.15, 0.2) is 5.82 Å². The Balaban J connectivity index is 2.11. The van der Waals surface area contributed by atoms with E-state index in [1.54, 1.807) is 13.0 Å². The monoisotopic (exact) mass is 351 g/mol. The molecule has 1 aromatic heterocycles. The first-order chi connectivity index (χ1) is 11.3. The minimum atomic E-state index is -3.64. The van der Waals surface area contributed by atoms with Crippen LogP contribution in [0.25, 0.3) is 0 Å². The van der Waals surface area contributed by atoms with E-state index in [-0.39, 0.29) is 16.3 Å². The van der Waals surface area contributed by atoms with Crippen molar-refractivity contribution in [1.82, 2.24) is 9.88 Å². The van der Waals surface area contributed by atoms with Crippen LogP contribution in [0.15, 0.2) is 39.8 Å². The van der Waals surface area contributed by atoms with Crippen molar-refractivity contribution in [2.75, 3.05) is 11.9 Å². The Morgan fingerprint density at radius 1 is 1.29 bits per heavy atom. The maximum atomic E-state index is 12.3. The third kappa shape index (κ3) is 4.90. The highest BCUT2D eigenvalue weighted by atomic mass is 32.2. The first-order valence-corrected chi connectivity index (χ1v) is 9.10. The first-order valence-electron chi connectivity index (χ1n) is 7.62. The number of amides is 1. The van der Waals surface area contributed by atoms with Gasteiger partial charge in [-0.15, -0.1) is 0 Å². The third-order valence-corrected chi connectivity index (χ3v) is 4.75. The summed E-state index contributed by atoms with van der Waals surface area (Å²) in [6.07, 6.45) is 0.741. The Bertz CT molecular complexity index is 812. The topological polar surface area (TPSA) is 101 Å². The predicted octanol–water partition coefficient (Wildman–Crippen LogP) is 2.56. The number of carbonyl (C=O) groups is 1. The second-order valence-corrected chi connectivity index (χ2v) is 7.65. The van der Waals surface area contributed by atoms with Crippen molar-refractivity contribution in [2.45, 2.75) is 32.1 Å². The Morgan fingerprint density at radius 2 is 2.04 bits per heavy atom. The number of benzene rings is 1. The Kier molecular flexibility index (Phi) is 5.74. The van der Waals surface area contributed by atoms with Crippen LogP contribution in [-0.4, -0.2) is 26.0 Å². The van der Waals surface area contributed by atoms with Gasteiger partial charge < -0.3 is 9.84 Å². The molecule has 1 heterocycles. The summed E-state index contributed by atoms with van der Waals surface area (Å²) in [5.41, 5.74) is 0.224. The van der Waals surface area contributed by atoms with Crippen LogP contribution in [0.4, 0.5) is 5.82 Å². The van der Waals surface area contributed by atoms with Crippen molar-refractivity contribution in [2.24, 2.45) is 5.92 Å². The zero-order valence-corrected chi connectivity index (χ0v) is 14.7. The molecule has 24 heavy (non-hydrogen) atoms. The molecule has 0 radical (unpaired) electrons. The van der Waals surface area contributed by atoms with E-state index in [4.69, 9.17) is 4.52 Å². The lowest BCUT2D eigenvalue weighted by Crippen LogP contribution is -2.26. The Morgan fingerprint density at radius 3 is 2.67 bits per heavy atom. The van der Waals surface area contributed by atoms with Gasteiger partial charge in [0, 0.05) is 18.2 Å². The lowest BCUT2D eigenvalue weighted by atomic mass is 10.1. The maximum Gasteiger partial charge on any atom is 0.256 e. The molecule has 2 rings (SSSR count). The largest absolute Gasteiger partial charge is 0.360 e. The van der Waals surface area contributed by atoms with Crippen molar-refractivity contribution in [3.05, 3.63) is 41.7 Å². The van der Waals surface area contributed by atoms with Gasteiger partial charge in [-0.25, -0.2) is 13.1 Å². The molecule has 130 valence electrons. The number of hydrogen-bond acceptors (Lipinski definition) is 5. The van der Waals surface area contributed by atoms with Crippen LogP contribution in [-0.2, 0) is 10.0 Å². The lowest BCUT2D eigenvalue weighted by molar-refractivity contribution is 0.102. The van der Waals surface area contributed by atoms with Gasteiger partial charge in [-0.3, -0.25) is 4.79 Å². The molecule has 0 aliphatic heterocycles. The SMILES string of the molecule is Cc1cc(NC(=O)c2cccc(S(=O)(=O)NCCC(C)C)c2)no1. The summed E-state index contributed by atoms with van der Waals surface area (Å²) >= 11 is 0. The highest BCUT2D eigenvalue weighted by molar-refractivity contribution is 7.89. The van der Waals surface area contributed by atoms with Crippen molar-refractivity contribution >= 4 is 21.7 Å². The molecule has 0 saturated carbocycles. The quantitative estimate of drug-likeness (QED) is 0.798. The van der Waals surface area contributed by atoms with E-state index in [1.165, 1.54) is 24.3 Å². The summed E-state index contributed by atoms with van der Waals surface area (Å²) in [6, 6.07) is 7.43. The van der Waals surface area contributed by atoms with Crippen LogP contribution in [0, 0.1) is 12.8 Å². The minimum Gasteiger partial charge on any atom is -0.360 e. The van der Waals surface area contributed by atoms with Crippen LogP contribution in [0.2, 0.25) is 0 Å². The number of aromatic nitrogens is 1. The Hall–Kier alpha value is -2.19. The van der Waals surface area contributed by atoms with E-state index in [1.807, 2.05) is 13.8 Å². The summed E-state index contributed by atoms with van der Waals surface area (Å²) < 4.78 is 32.0. The molecule has 2 aromatic rings. The van der Waals surface area contributed by atoms with E-state index in [0.717, 1.165) is 6.42 Å². The number of rotatable bonds is 7. The van der Waals surface area contributed by atoms with Gasteiger partial charge in [0.2, 0.25) is 10.0 Å². The molecule has 0 aliphatic rings. The number of carbonyl (C=O) groups excluding carboxylic acids is 1. The molecule has 0 spiro atoms. The fourth-order valence-corrected chi connectivity index (χ4v) is 3.08. The highest BCUT2D eigenvalue weighted by Gasteiger charge is 2.16. The highest BCUT2D eigenvalue weighted by Crippen LogP contribution is 2.14. The third-order valence-electron chi connectivity index (χ3n) is 3.29. The van der Waals surface area contributed by atoms with Crippen LogP contribution < -0.4 is 10.0 Å². The molecule has 8 heteroatoms. The fourth-order valence-electron chi connectivity index (χ4n) is 1.98. The van der Waals surface area contributed by atoms with E-state index in [9.17, 15) is 13.2 Å². The van der Waals surface area contributed by atoms with E-state index in [2.05, 4.69) is 15.2 Å². The molecule has 0 fully saturated rings. The van der Waals surface area contributed by atoms with Gasteiger partial charge in [-0.2, -0.15) is 0 Å². The number of aryl methyl sites for hydroxylation is 1. The molecule has 1 amide bonds.